The number of benzene rings is 1. The van der Waals surface area contributed by atoms with E-state index >= 15 is 0 Å². The van der Waals surface area contributed by atoms with Crippen LogP contribution in [0.25, 0.3) is 10.9 Å². The van der Waals surface area contributed by atoms with Gasteiger partial charge in [0.25, 0.3) is 0 Å². The second-order valence-corrected chi connectivity index (χ2v) is 5.58. The molecule has 1 amide bonds. The molecule has 1 aliphatic rings. The number of carbonyl (C=O) groups is 1. The minimum absolute atomic E-state index is 0.0755. The number of hydrogen-bond acceptors (Lipinski definition) is 6. The number of rotatable bonds is 6. The Morgan fingerprint density at radius 2 is 2.25 bits per heavy atom. The summed E-state index contributed by atoms with van der Waals surface area (Å²) in [5.74, 6) is -0.473. The van der Waals surface area contributed by atoms with Gasteiger partial charge < -0.3 is 10.3 Å². The van der Waals surface area contributed by atoms with Crippen molar-refractivity contribution in [1.82, 2.24) is 15.1 Å². The highest BCUT2D eigenvalue weighted by Gasteiger charge is 2.16. The van der Waals surface area contributed by atoms with E-state index < -0.39 is 5.91 Å². The van der Waals surface area contributed by atoms with Crippen LogP contribution >= 0.6 is 0 Å². The minimum Gasteiger partial charge on any atom is -0.342 e. The van der Waals surface area contributed by atoms with Gasteiger partial charge in [0.05, 0.1) is 18.8 Å². The first-order valence-electron chi connectivity index (χ1n) is 7.77. The smallest absolute Gasteiger partial charge is 0.247 e. The van der Waals surface area contributed by atoms with Gasteiger partial charge in [-0.25, -0.2) is 5.48 Å². The van der Waals surface area contributed by atoms with Crippen molar-refractivity contribution in [2.45, 2.75) is 19.5 Å². The first kappa shape index (κ1) is 16.2. The molecule has 0 saturated carbocycles. The predicted molar refractivity (Wildman–Crippen MR) is 88.9 cm³/mol. The average molecular weight is 328 g/mol. The van der Waals surface area contributed by atoms with E-state index in [1.54, 1.807) is 11.6 Å². The van der Waals surface area contributed by atoms with Crippen molar-refractivity contribution in [3.05, 3.63) is 47.8 Å². The fourth-order valence-electron chi connectivity index (χ4n) is 2.80. The maximum Gasteiger partial charge on any atom is 0.247 e. The van der Waals surface area contributed by atoms with Crippen LogP contribution in [0.2, 0.25) is 0 Å². The molecule has 0 atom stereocenters. The van der Waals surface area contributed by atoms with Crippen LogP contribution in [-0.2, 0) is 17.9 Å². The number of nitrogens with two attached hydrogens (primary N) is 1. The third-order valence-electron chi connectivity index (χ3n) is 3.89. The van der Waals surface area contributed by atoms with Gasteiger partial charge in [0, 0.05) is 30.7 Å². The summed E-state index contributed by atoms with van der Waals surface area (Å²) in [5.41, 5.74) is 10.3. The van der Waals surface area contributed by atoms with Crippen LogP contribution in [0.4, 0.5) is 0 Å². The van der Waals surface area contributed by atoms with Crippen LogP contribution in [0.5, 0.6) is 0 Å². The lowest BCUT2D eigenvalue weighted by Crippen LogP contribution is -2.19. The Balaban J connectivity index is 1.73. The molecule has 2 heterocycles. The van der Waals surface area contributed by atoms with E-state index in [1.165, 1.54) is 5.39 Å². The Bertz CT molecular complexity index is 795. The van der Waals surface area contributed by atoms with Gasteiger partial charge in [-0.15, -0.1) is 5.11 Å². The zero-order valence-corrected chi connectivity index (χ0v) is 13.2. The number of aromatic nitrogens is 1. The van der Waals surface area contributed by atoms with E-state index in [2.05, 4.69) is 33.1 Å². The van der Waals surface area contributed by atoms with Crippen LogP contribution in [0.15, 0.2) is 52.4 Å². The molecule has 3 rings (SSSR count). The second-order valence-electron chi connectivity index (χ2n) is 5.58. The fraction of sp³-hybridized carbons (Fsp3) is 0.312. The number of nitrogens with zero attached hydrogens (tertiary/aromatic N) is 4. The quantitative estimate of drug-likeness (QED) is 0.552. The summed E-state index contributed by atoms with van der Waals surface area (Å²) in [6, 6.07) is 10.3. The van der Waals surface area contributed by atoms with Gasteiger partial charge in [0.15, 0.2) is 0 Å². The highest BCUT2D eigenvalue weighted by Crippen LogP contribution is 2.23. The van der Waals surface area contributed by atoms with Crippen LogP contribution in [0.1, 0.15) is 12.1 Å². The molecule has 0 saturated heterocycles. The van der Waals surface area contributed by atoms with Gasteiger partial charge in [-0.3, -0.25) is 15.0 Å². The summed E-state index contributed by atoms with van der Waals surface area (Å²) in [5, 5.41) is 19.7. The molecule has 1 aliphatic heterocycles. The highest BCUT2D eigenvalue weighted by atomic mass is 16.5. The topological polar surface area (TPSA) is 108 Å². The van der Waals surface area contributed by atoms with Gasteiger partial charge in [-0.2, -0.15) is 0 Å². The van der Waals surface area contributed by atoms with Crippen molar-refractivity contribution in [2.24, 2.45) is 16.1 Å². The summed E-state index contributed by atoms with van der Waals surface area (Å²) in [6.45, 7) is 2.45. The second kappa shape index (κ2) is 7.24. The van der Waals surface area contributed by atoms with Gasteiger partial charge in [0.1, 0.15) is 0 Å². The van der Waals surface area contributed by atoms with Gasteiger partial charge in [0.2, 0.25) is 5.91 Å². The van der Waals surface area contributed by atoms with Crippen molar-refractivity contribution in [2.75, 3.05) is 13.1 Å². The molecule has 2 aromatic rings. The monoisotopic (exact) mass is 328 g/mol. The first-order valence-corrected chi connectivity index (χ1v) is 7.77. The van der Waals surface area contributed by atoms with Crippen LogP contribution < -0.4 is 11.2 Å². The largest absolute Gasteiger partial charge is 0.342 e. The molecule has 24 heavy (non-hydrogen) atoms. The maximum atomic E-state index is 11.1. The summed E-state index contributed by atoms with van der Waals surface area (Å²) in [7, 11) is 0. The zero-order chi connectivity index (χ0) is 16.9. The lowest BCUT2D eigenvalue weighted by molar-refractivity contribution is -0.128. The van der Waals surface area contributed by atoms with E-state index in [9.17, 15) is 4.79 Å². The Morgan fingerprint density at radius 1 is 1.42 bits per heavy atom. The van der Waals surface area contributed by atoms with Gasteiger partial charge in [-0.1, -0.05) is 23.4 Å². The fourth-order valence-corrected chi connectivity index (χ4v) is 2.80. The highest BCUT2D eigenvalue weighted by molar-refractivity contribution is 5.81. The third-order valence-corrected chi connectivity index (χ3v) is 3.89. The van der Waals surface area contributed by atoms with Gasteiger partial charge in [-0.05, 0) is 23.6 Å². The molecule has 0 unspecified atom stereocenters. The lowest BCUT2D eigenvalue weighted by atomic mass is 10.2. The molecule has 8 heteroatoms. The van der Waals surface area contributed by atoms with Crippen molar-refractivity contribution in [1.29, 1.82) is 0 Å². The van der Waals surface area contributed by atoms with E-state index in [0.29, 0.717) is 25.3 Å². The third kappa shape index (κ3) is 3.44. The van der Waals surface area contributed by atoms with Crippen LogP contribution in [0.3, 0.4) is 0 Å². The van der Waals surface area contributed by atoms with Crippen LogP contribution in [-0.4, -0.2) is 33.8 Å². The summed E-state index contributed by atoms with van der Waals surface area (Å²) >= 11 is 0. The lowest BCUT2D eigenvalue weighted by Gasteiger charge is -2.14. The number of fused-ring (bicyclic) bond motifs is 1. The van der Waals surface area contributed by atoms with E-state index in [0.717, 1.165) is 17.8 Å². The molecule has 0 fully saturated rings. The number of amides is 1. The summed E-state index contributed by atoms with van der Waals surface area (Å²) < 4.78 is 2.20. The van der Waals surface area contributed by atoms with Crippen molar-refractivity contribution in [3.8, 4) is 0 Å². The normalized spacial score (nSPS) is 15.6. The zero-order valence-electron chi connectivity index (χ0n) is 13.2. The molecule has 4 N–H and O–H groups in total. The van der Waals surface area contributed by atoms with Gasteiger partial charge >= 0.3 is 0 Å². The van der Waals surface area contributed by atoms with E-state index in [1.807, 2.05) is 17.1 Å². The first-order chi connectivity index (χ1) is 11.7. The number of para-hydroxylation sites is 1. The van der Waals surface area contributed by atoms with Crippen LogP contribution in [0, 0.1) is 0 Å². The molecule has 126 valence electrons. The number of hydrogen-bond donors (Lipinski definition) is 3. The van der Waals surface area contributed by atoms with Crippen molar-refractivity contribution in [3.63, 3.8) is 0 Å². The molecule has 0 radical (unpaired) electrons. The molecular weight excluding hydrogens is 308 g/mol. The van der Waals surface area contributed by atoms with Crippen molar-refractivity contribution < 1.29 is 10.0 Å². The average Bonchev–Trinajstić information content (AvgIpc) is 3.18. The number of nitrogens with one attached hydrogen (secondary N) is 1. The minimum atomic E-state index is -0.473. The molecule has 0 aliphatic carbocycles. The Hall–Kier alpha value is -2.71. The Kier molecular flexibility index (Phi) is 4.88. The Morgan fingerprint density at radius 3 is 3.04 bits per heavy atom. The molecule has 0 bridgehead atoms. The van der Waals surface area contributed by atoms with E-state index in [4.69, 9.17) is 10.9 Å². The number of hydroxylamine groups is 1. The SMILES string of the molecule is NCCn1c(CN2C/C(=C/CC(=O)NO)N=N2)cc2ccccc21. The molecule has 0 spiro atoms. The maximum absolute atomic E-state index is 11.1. The molecule has 1 aromatic heterocycles. The molecule has 8 nitrogen and oxygen atoms in total. The predicted octanol–water partition coefficient (Wildman–Crippen LogP) is 1.56. The van der Waals surface area contributed by atoms with E-state index in [-0.39, 0.29) is 6.42 Å². The summed E-state index contributed by atoms with van der Waals surface area (Å²) in [6.07, 6.45) is 1.73. The number of carbonyl (C=O) groups excluding carboxylic acids is 1. The molecular formula is C16H20N6O2. The molecule has 1 aromatic carbocycles. The standard InChI is InChI=1S/C16H20N6O2/c17-7-8-22-14(9-12-3-1-2-4-15(12)22)11-21-10-13(18-20-21)5-6-16(23)19-24/h1-5,9,24H,6-8,10-11,17H2,(H,19,23)/b13-5-. The summed E-state index contributed by atoms with van der Waals surface area (Å²) in [4.78, 5) is 11.1. The Labute approximate surface area is 139 Å². The van der Waals surface area contributed by atoms with Crippen molar-refractivity contribution >= 4 is 16.8 Å².